The van der Waals surface area contributed by atoms with E-state index in [1.807, 2.05) is 0 Å². The molecule has 0 aromatic heterocycles. The van der Waals surface area contributed by atoms with Gasteiger partial charge < -0.3 is 5.11 Å². The van der Waals surface area contributed by atoms with Crippen molar-refractivity contribution in [1.82, 2.24) is 0 Å². The third kappa shape index (κ3) is 16.7. The monoisotopic (exact) mass is 378 g/mol. The van der Waals surface area contributed by atoms with Crippen LogP contribution >= 0.6 is 0 Å². The van der Waals surface area contributed by atoms with Gasteiger partial charge in [-0.25, -0.2) is 0 Å². The molecule has 3 nitrogen and oxygen atoms in total. The molecule has 0 radical (unpaired) electrons. The first-order valence-electron chi connectivity index (χ1n) is 10.1. The first-order valence-corrected chi connectivity index (χ1v) is 14.5. The van der Waals surface area contributed by atoms with Gasteiger partial charge in [0.1, 0.15) is 12.2 Å². The standard InChI is InChI=1S/C4H6O3.4C4H9.Ti/c1-3(5)2-4(6)7;4*1-3-4-2;/h2H2,1H3,(H,6,7);4*1,3-4H2,2H3;. The summed E-state index contributed by atoms with van der Waals surface area (Å²) in [7, 11) is 0. The van der Waals surface area contributed by atoms with Crippen molar-refractivity contribution >= 4 is 11.8 Å². The molecular weight excluding hydrogens is 336 g/mol. The summed E-state index contributed by atoms with van der Waals surface area (Å²) < 4.78 is 6.71. The number of rotatable bonds is 14. The Balaban J connectivity index is 0. The quantitative estimate of drug-likeness (QED) is 0.260. The predicted octanol–water partition coefficient (Wildman–Crippen LogP) is 7.06. The minimum atomic E-state index is -1.43. The van der Waals surface area contributed by atoms with Gasteiger partial charge in [-0.15, -0.1) is 0 Å². The fraction of sp³-hybridized carbons (Fsp3) is 0.900. The van der Waals surface area contributed by atoms with E-state index in [0.717, 1.165) is 0 Å². The second-order valence-electron chi connectivity index (χ2n) is 7.19. The zero-order valence-electron chi connectivity index (χ0n) is 17.0. The van der Waals surface area contributed by atoms with Gasteiger partial charge in [-0.2, -0.15) is 0 Å². The van der Waals surface area contributed by atoms with Crippen LogP contribution < -0.4 is 0 Å². The van der Waals surface area contributed by atoms with Gasteiger partial charge in [0, 0.05) is 0 Å². The van der Waals surface area contributed by atoms with Crippen LogP contribution in [0.4, 0.5) is 0 Å². The number of carbonyl (C=O) groups excluding carboxylic acids is 1. The zero-order chi connectivity index (χ0) is 18.8. The Morgan fingerprint density at radius 1 is 0.708 bits per heavy atom. The summed E-state index contributed by atoms with van der Waals surface area (Å²) >= 11 is -1.43. The molecule has 4 heteroatoms. The molecule has 0 amide bonds. The van der Waals surface area contributed by atoms with Crippen LogP contribution in [0.2, 0.25) is 18.9 Å². The Morgan fingerprint density at radius 2 is 1.00 bits per heavy atom. The van der Waals surface area contributed by atoms with Crippen LogP contribution in [0, 0.1) is 0 Å². The molecule has 1 N–H and O–H groups in total. The molecule has 0 fully saturated rings. The van der Waals surface area contributed by atoms with Gasteiger partial charge in [0.05, 0.1) is 0 Å². The van der Waals surface area contributed by atoms with E-state index in [1.165, 1.54) is 58.3 Å². The number of unbranched alkanes of at least 4 members (excludes halogenated alkanes) is 4. The van der Waals surface area contributed by atoms with E-state index in [1.54, 1.807) is 18.9 Å². The van der Waals surface area contributed by atoms with Crippen LogP contribution in [0.25, 0.3) is 0 Å². The molecule has 144 valence electrons. The van der Waals surface area contributed by atoms with Gasteiger partial charge in [-0.3, -0.25) is 9.59 Å². The summed E-state index contributed by atoms with van der Waals surface area (Å²) in [6, 6.07) is 0. The molecule has 0 aromatic carbocycles. The van der Waals surface area contributed by atoms with Crippen LogP contribution in [-0.2, 0) is 26.2 Å². The van der Waals surface area contributed by atoms with Gasteiger partial charge in [-0.1, -0.05) is 0 Å². The molecule has 24 heavy (non-hydrogen) atoms. The number of hydrogen-bond acceptors (Lipinski definition) is 2. The van der Waals surface area contributed by atoms with E-state index in [9.17, 15) is 9.59 Å². The van der Waals surface area contributed by atoms with Crippen LogP contribution in [0.15, 0.2) is 0 Å². The van der Waals surface area contributed by atoms with Crippen LogP contribution in [0.3, 0.4) is 0 Å². The van der Waals surface area contributed by atoms with E-state index in [0.29, 0.717) is 0 Å². The van der Waals surface area contributed by atoms with E-state index in [-0.39, 0.29) is 12.2 Å². The summed E-state index contributed by atoms with van der Waals surface area (Å²) in [5.41, 5.74) is 0. The number of carboxylic acid groups (broad SMARTS) is 1. The Bertz CT molecular complexity index is 266. The third-order valence-electron chi connectivity index (χ3n) is 4.64. The number of hydrogen-bond donors (Lipinski definition) is 1. The summed E-state index contributed by atoms with van der Waals surface area (Å²) in [5.74, 6) is -1.37. The molecule has 0 aliphatic heterocycles. The summed E-state index contributed by atoms with van der Waals surface area (Å²) in [5, 5.41) is 7.86. The van der Waals surface area contributed by atoms with Gasteiger partial charge >= 0.3 is 121 Å². The molecule has 0 spiro atoms. The van der Waals surface area contributed by atoms with Gasteiger partial charge in [0.25, 0.3) is 0 Å². The van der Waals surface area contributed by atoms with Crippen LogP contribution in [-0.4, -0.2) is 16.9 Å². The van der Waals surface area contributed by atoms with Crippen molar-refractivity contribution in [3.05, 3.63) is 0 Å². The van der Waals surface area contributed by atoms with E-state index < -0.39 is 22.6 Å². The molecule has 0 aromatic rings. The van der Waals surface area contributed by atoms with E-state index in [2.05, 4.69) is 27.7 Å². The second kappa shape index (κ2) is 17.7. The minimum absolute atomic E-state index is 0.312. The maximum atomic E-state index is 9.87. The molecule has 0 atom stereocenters. The van der Waals surface area contributed by atoms with Crippen LogP contribution in [0.1, 0.15) is 92.4 Å². The van der Waals surface area contributed by atoms with Crippen molar-refractivity contribution in [2.24, 2.45) is 0 Å². The molecule has 0 saturated heterocycles. The zero-order valence-corrected chi connectivity index (χ0v) is 18.5. The topological polar surface area (TPSA) is 54.4 Å². The summed E-state index contributed by atoms with van der Waals surface area (Å²) in [4.78, 5) is 19.5. The SMILES string of the molecule is CC(=O)CC(=O)O.CCC[CH2][Ti]([CH2]CCC)([CH2]CCC)[CH2]CCC. The van der Waals surface area contributed by atoms with Crippen molar-refractivity contribution in [3.63, 3.8) is 0 Å². The fourth-order valence-electron chi connectivity index (χ4n) is 3.17. The maximum absolute atomic E-state index is 9.87. The molecule has 0 aliphatic rings. The van der Waals surface area contributed by atoms with Crippen molar-refractivity contribution in [3.8, 4) is 0 Å². The molecular formula is C20H42O3Ti. The molecule has 0 rings (SSSR count). The van der Waals surface area contributed by atoms with Crippen molar-refractivity contribution < 1.29 is 31.3 Å². The first kappa shape index (κ1) is 26.1. The number of carboxylic acids is 1. The van der Waals surface area contributed by atoms with Crippen molar-refractivity contribution in [2.45, 2.75) is 111 Å². The average Bonchev–Trinajstić information content (AvgIpc) is 2.53. The van der Waals surface area contributed by atoms with Gasteiger partial charge in [0.2, 0.25) is 0 Å². The second-order valence-corrected chi connectivity index (χ2v) is 15.0. The molecule has 0 aliphatic carbocycles. The Kier molecular flexibility index (Phi) is 19.2. The average molecular weight is 378 g/mol. The Hall–Kier alpha value is -0.146. The Morgan fingerprint density at radius 3 is 1.12 bits per heavy atom. The number of aliphatic carboxylic acids is 1. The fourth-order valence-corrected chi connectivity index (χ4v) is 12.4. The normalized spacial score (nSPS) is 10.9. The molecule has 0 saturated carbocycles. The number of carbonyl (C=O) groups is 2. The Labute approximate surface area is 154 Å². The summed E-state index contributed by atoms with van der Waals surface area (Å²) in [6.45, 7) is 10.7. The number of ketones is 1. The van der Waals surface area contributed by atoms with Crippen molar-refractivity contribution in [1.29, 1.82) is 0 Å². The van der Waals surface area contributed by atoms with Gasteiger partial charge in [-0.05, 0) is 6.92 Å². The molecule has 0 bridgehead atoms. The predicted molar refractivity (Wildman–Crippen MR) is 102 cm³/mol. The number of Topliss-reactive ketones (excluding diaryl/α,β-unsaturated/α-hetero) is 1. The van der Waals surface area contributed by atoms with E-state index in [4.69, 9.17) is 5.11 Å². The first-order chi connectivity index (χ1) is 11.4. The van der Waals surface area contributed by atoms with Crippen LogP contribution in [0.5, 0.6) is 0 Å². The third-order valence-corrected chi connectivity index (χ3v) is 13.5. The molecule has 0 unspecified atom stereocenters. The van der Waals surface area contributed by atoms with E-state index >= 15 is 0 Å². The van der Waals surface area contributed by atoms with Gasteiger partial charge in [0.15, 0.2) is 0 Å². The van der Waals surface area contributed by atoms with Crippen molar-refractivity contribution in [2.75, 3.05) is 0 Å². The molecule has 0 heterocycles. The summed E-state index contributed by atoms with van der Waals surface area (Å²) in [6.07, 6.45) is 11.4.